The van der Waals surface area contributed by atoms with E-state index in [0.29, 0.717) is 19.2 Å². The van der Waals surface area contributed by atoms with Crippen LogP contribution in [-0.4, -0.2) is 54.6 Å². The van der Waals surface area contributed by atoms with Crippen molar-refractivity contribution in [3.8, 4) is 0 Å². The van der Waals surface area contributed by atoms with Crippen molar-refractivity contribution in [3.63, 3.8) is 0 Å². The largest absolute Gasteiger partial charge is 0.454 e. The van der Waals surface area contributed by atoms with E-state index in [0.717, 1.165) is 24.1 Å². The summed E-state index contributed by atoms with van der Waals surface area (Å²) in [5, 5.41) is 0. The lowest BCUT2D eigenvalue weighted by Gasteiger charge is -2.41. The number of halogens is 3. The van der Waals surface area contributed by atoms with Crippen molar-refractivity contribution in [3.05, 3.63) is 48.2 Å². The molecule has 6 heteroatoms. The molecule has 1 aliphatic rings. The lowest BCUT2D eigenvalue weighted by molar-refractivity contribution is -0.926. The van der Waals surface area contributed by atoms with Crippen LogP contribution in [0.25, 0.3) is 0 Å². The molecule has 1 saturated heterocycles. The predicted molar refractivity (Wildman–Crippen MR) is 77.8 cm³/mol. The van der Waals surface area contributed by atoms with Crippen molar-refractivity contribution in [2.45, 2.75) is 12.7 Å². The molecule has 1 heterocycles. The summed E-state index contributed by atoms with van der Waals surface area (Å²) in [7, 11) is 2.15. The van der Waals surface area contributed by atoms with Crippen LogP contribution in [0.15, 0.2) is 42.6 Å². The van der Waals surface area contributed by atoms with E-state index in [1.165, 1.54) is 11.8 Å². The molecular formula is C16H20F3N2O+. The van der Waals surface area contributed by atoms with Crippen LogP contribution in [-0.2, 0) is 11.3 Å². The number of alkyl halides is 3. The molecule has 3 nitrogen and oxygen atoms in total. The van der Waals surface area contributed by atoms with Gasteiger partial charge in [0.15, 0.2) is 0 Å². The molecule has 0 aromatic heterocycles. The summed E-state index contributed by atoms with van der Waals surface area (Å²) >= 11 is 0. The van der Waals surface area contributed by atoms with Gasteiger partial charge >= 0.3 is 6.18 Å². The fourth-order valence-electron chi connectivity index (χ4n) is 2.56. The fraction of sp³-hybridized carbons (Fsp3) is 0.438. The molecule has 1 fully saturated rings. The summed E-state index contributed by atoms with van der Waals surface area (Å²) in [5.74, 6) is -1.81. The number of hydrogen-bond acceptors (Lipinski definition) is 2. The lowest BCUT2D eigenvalue weighted by Crippen LogP contribution is -2.55. The second kappa shape index (κ2) is 6.52. The smallest absolute Gasteiger partial charge is 0.366 e. The van der Waals surface area contributed by atoms with Gasteiger partial charge in [0.25, 0.3) is 5.78 Å². The van der Waals surface area contributed by atoms with E-state index < -0.39 is 12.0 Å². The molecular weight excluding hydrogens is 293 g/mol. The minimum Gasteiger partial charge on any atom is -0.366 e. The van der Waals surface area contributed by atoms with Gasteiger partial charge in [0.2, 0.25) is 0 Å². The second-order valence-electron chi connectivity index (χ2n) is 5.92. The Balaban J connectivity index is 1.87. The topological polar surface area (TPSA) is 20.3 Å². The van der Waals surface area contributed by atoms with Crippen LogP contribution in [0.3, 0.4) is 0 Å². The number of hydrogen-bond donors (Lipinski definition) is 0. The standard InChI is InChI=1S/C16H20F3N2O/c1-21(13-14-5-3-2-4-6-14)11-9-20(10-12-21)8-7-15(22)16(17,18)19/h2-8H,9-13H2,1H3/q+1. The molecule has 0 spiro atoms. The third kappa shape index (κ3) is 4.59. The summed E-state index contributed by atoms with van der Waals surface area (Å²) in [4.78, 5) is 12.6. The fourth-order valence-corrected chi connectivity index (χ4v) is 2.56. The highest BCUT2D eigenvalue weighted by Crippen LogP contribution is 2.18. The minimum atomic E-state index is -4.79. The molecule has 0 atom stereocenters. The number of nitrogens with zero attached hydrogens (tertiary/aromatic N) is 2. The van der Waals surface area contributed by atoms with Crippen LogP contribution < -0.4 is 0 Å². The third-order valence-corrected chi connectivity index (χ3v) is 3.98. The predicted octanol–water partition coefficient (Wildman–Crippen LogP) is 2.59. The maximum absolute atomic E-state index is 12.1. The third-order valence-electron chi connectivity index (χ3n) is 3.98. The number of allylic oxidation sites excluding steroid dienone is 1. The quantitative estimate of drug-likeness (QED) is 0.629. The number of carbonyl (C=O) groups excluding carboxylic acids is 1. The Morgan fingerprint density at radius 3 is 2.36 bits per heavy atom. The molecule has 2 rings (SSSR count). The molecule has 0 N–H and O–H groups in total. The minimum absolute atomic E-state index is 0.618. The number of ketones is 1. The number of quaternary nitrogens is 1. The summed E-state index contributed by atoms with van der Waals surface area (Å²) in [6.45, 7) is 3.86. The molecule has 120 valence electrons. The first kappa shape index (κ1) is 16.5. The van der Waals surface area contributed by atoms with Crippen molar-refractivity contribution in [2.24, 2.45) is 0 Å². The Hall–Kier alpha value is -1.82. The van der Waals surface area contributed by atoms with Crippen LogP contribution in [0.1, 0.15) is 5.56 Å². The summed E-state index contributed by atoms with van der Waals surface area (Å²) < 4.78 is 37.3. The SMILES string of the molecule is C[N+]1(Cc2ccccc2)CCN(C=CC(=O)C(F)(F)F)CC1. The van der Waals surface area contributed by atoms with Crippen LogP contribution in [0, 0.1) is 0 Å². The average molecular weight is 313 g/mol. The molecule has 0 saturated carbocycles. The zero-order valence-electron chi connectivity index (χ0n) is 12.5. The number of rotatable bonds is 4. The lowest BCUT2D eigenvalue weighted by atomic mass is 10.1. The van der Waals surface area contributed by atoms with Crippen molar-refractivity contribution in [1.82, 2.24) is 4.90 Å². The van der Waals surface area contributed by atoms with E-state index in [1.807, 2.05) is 18.2 Å². The number of benzene rings is 1. The van der Waals surface area contributed by atoms with Crippen molar-refractivity contribution >= 4 is 5.78 Å². The van der Waals surface area contributed by atoms with Crippen molar-refractivity contribution < 1.29 is 22.4 Å². The molecule has 0 amide bonds. The van der Waals surface area contributed by atoms with Crippen LogP contribution in [0.4, 0.5) is 13.2 Å². The highest BCUT2D eigenvalue weighted by molar-refractivity contribution is 5.94. The van der Waals surface area contributed by atoms with Crippen molar-refractivity contribution in [1.29, 1.82) is 0 Å². The van der Waals surface area contributed by atoms with Gasteiger partial charge in [-0.05, 0) is 0 Å². The number of piperazine rings is 1. The normalized spacial score (nSPS) is 18.6. The van der Waals surface area contributed by atoms with E-state index in [-0.39, 0.29) is 0 Å². The Morgan fingerprint density at radius 1 is 1.23 bits per heavy atom. The first-order valence-corrected chi connectivity index (χ1v) is 7.19. The molecule has 0 bridgehead atoms. The zero-order valence-corrected chi connectivity index (χ0v) is 12.5. The first-order chi connectivity index (χ1) is 10.3. The van der Waals surface area contributed by atoms with E-state index >= 15 is 0 Å². The summed E-state index contributed by atoms with van der Waals surface area (Å²) in [5.41, 5.74) is 1.25. The molecule has 22 heavy (non-hydrogen) atoms. The molecule has 1 aromatic rings. The van der Waals surface area contributed by atoms with Gasteiger partial charge in [0.05, 0.1) is 33.2 Å². The monoisotopic (exact) mass is 313 g/mol. The Kier molecular flexibility index (Phi) is 4.90. The Labute approximate surface area is 128 Å². The zero-order chi connectivity index (χ0) is 16.2. The second-order valence-corrected chi connectivity index (χ2v) is 5.92. The molecule has 1 aliphatic heterocycles. The average Bonchev–Trinajstić information content (AvgIpc) is 2.46. The van der Waals surface area contributed by atoms with Gasteiger partial charge in [0, 0.05) is 17.8 Å². The molecule has 0 aliphatic carbocycles. The van der Waals surface area contributed by atoms with E-state index in [1.54, 1.807) is 4.90 Å². The van der Waals surface area contributed by atoms with Crippen molar-refractivity contribution in [2.75, 3.05) is 33.2 Å². The maximum Gasteiger partial charge on any atom is 0.454 e. The summed E-state index contributed by atoms with van der Waals surface area (Å²) in [6.07, 6.45) is -2.90. The van der Waals surface area contributed by atoms with E-state index in [9.17, 15) is 18.0 Å². The Morgan fingerprint density at radius 2 is 1.82 bits per heavy atom. The van der Waals surface area contributed by atoms with Gasteiger partial charge < -0.3 is 9.38 Å². The van der Waals surface area contributed by atoms with Crippen LogP contribution in [0.5, 0.6) is 0 Å². The maximum atomic E-state index is 12.1. The van der Waals surface area contributed by atoms with Gasteiger partial charge in [-0.25, -0.2) is 0 Å². The van der Waals surface area contributed by atoms with E-state index in [4.69, 9.17) is 0 Å². The van der Waals surface area contributed by atoms with Gasteiger partial charge in [-0.3, -0.25) is 4.79 Å². The molecule has 0 unspecified atom stereocenters. The number of carbonyl (C=O) groups is 1. The summed E-state index contributed by atoms with van der Waals surface area (Å²) in [6, 6.07) is 10.1. The molecule has 0 radical (unpaired) electrons. The van der Waals surface area contributed by atoms with Gasteiger partial charge in [-0.15, -0.1) is 0 Å². The highest BCUT2D eigenvalue weighted by Gasteiger charge is 2.36. The van der Waals surface area contributed by atoms with E-state index in [2.05, 4.69) is 19.2 Å². The highest BCUT2D eigenvalue weighted by atomic mass is 19.4. The number of likely N-dealkylation sites (N-methyl/N-ethyl adjacent to an activating group) is 1. The molecule has 1 aromatic carbocycles. The Bertz CT molecular complexity index is 532. The van der Waals surface area contributed by atoms with Gasteiger partial charge in [-0.1, -0.05) is 30.3 Å². The van der Waals surface area contributed by atoms with Crippen LogP contribution >= 0.6 is 0 Å². The van der Waals surface area contributed by atoms with Crippen LogP contribution in [0.2, 0.25) is 0 Å². The van der Waals surface area contributed by atoms with Gasteiger partial charge in [-0.2, -0.15) is 13.2 Å². The van der Waals surface area contributed by atoms with Gasteiger partial charge in [0.1, 0.15) is 6.54 Å². The first-order valence-electron chi connectivity index (χ1n) is 7.19.